The van der Waals surface area contributed by atoms with E-state index in [0.29, 0.717) is 0 Å². The summed E-state index contributed by atoms with van der Waals surface area (Å²) in [5.74, 6) is 0. The minimum Gasteiger partial charge on any atom is -0.368 e. The van der Waals surface area contributed by atoms with Crippen LogP contribution in [0.25, 0.3) is 0 Å². The second-order valence-electron chi connectivity index (χ2n) is 6.41. The Hall–Kier alpha value is -1.53. The summed E-state index contributed by atoms with van der Waals surface area (Å²) < 4.78 is 0. The molecule has 2 rings (SSSR count). The molecule has 3 nitrogen and oxygen atoms in total. The van der Waals surface area contributed by atoms with Gasteiger partial charge in [0, 0.05) is 29.9 Å². The predicted octanol–water partition coefficient (Wildman–Crippen LogP) is 2.53. The zero-order valence-electron chi connectivity index (χ0n) is 11.6. The monoisotopic (exact) mass is 243 g/mol. The molecule has 0 bridgehead atoms. The molecule has 0 spiro atoms. The molecule has 1 aliphatic heterocycles. The van der Waals surface area contributed by atoms with E-state index in [0.717, 1.165) is 24.3 Å². The minimum absolute atomic E-state index is 0.0738. The molecule has 1 saturated heterocycles. The molecule has 0 radical (unpaired) electrons. The molecule has 1 aliphatic rings. The molecular weight excluding hydrogens is 222 g/mol. The zero-order valence-corrected chi connectivity index (χ0v) is 11.6. The molecule has 0 amide bonds. The van der Waals surface area contributed by atoms with Crippen molar-refractivity contribution in [1.82, 2.24) is 5.32 Å². The topological polar surface area (TPSA) is 39.1 Å². The highest BCUT2D eigenvalue weighted by atomic mass is 15.3. The van der Waals surface area contributed by atoms with Crippen LogP contribution < -0.4 is 10.2 Å². The van der Waals surface area contributed by atoms with Crippen LogP contribution in [-0.2, 0) is 0 Å². The quantitative estimate of drug-likeness (QED) is 0.823. The molecule has 3 heteroatoms. The third-order valence-corrected chi connectivity index (χ3v) is 3.19. The number of rotatable bonds is 1. The van der Waals surface area contributed by atoms with Crippen LogP contribution in [0.15, 0.2) is 24.3 Å². The molecule has 96 valence electrons. The van der Waals surface area contributed by atoms with Crippen molar-refractivity contribution in [2.75, 3.05) is 18.0 Å². The lowest BCUT2D eigenvalue weighted by atomic mass is 9.91. The first-order valence-corrected chi connectivity index (χ1v) is 6.36. The Kier molecular flexibility index (Phi) is 3.08. The van der Waals surface area contributed by atoms with Gasteiger partial charge < -0.3 is 10.2 Å². The van der Waals surface area contributed by atoms with Crippen LogP contribution in [0.1, 0.15) is 33.3 Å². The fourth-order valence-electron chi connectivity index (χ4n) is 2.96. The lowest BCUT2D eigenvalue weighted by Gasteiger charge is -2.49. The number of nitrogens with zero attached hydrogens (tertiary/aromatic N) is 2. The molecular formula is C15H21N3. The van der Waals surface area contributed by atoms with Gasteiger partial charge in [0.15, 0.2) is 0 Å². The van der Waals surface area contributed by atoms with Crippen molar-refractivity contribution < 1.29 is 0 Å². The second kappa shape index (κ2) is 4.29. The Balaban J connectivity index is 2.30. The normalized spacial score (nSPS) is 21.4. The van der Waals surface area contributed by atoms with Gasteiger partial charge in [-0.2, -0.15) is 5.26 Å². The summed E-state index contributed by atoms with van der Waals surface area (Å²) >= 11 is 0. The van der Waals surface area contributed by atoms with Crippen LogP contribution in [0, 0.1) is 11.3 Å². The number of anilines is 1. The summed E-state index contributed by atoms with van der Waals surface area (Å²) in [5, 5.41) is 12.6. The molecule has 18 heavy (non-hydrogen) atoms. The summed E-state index contributed by atoms with van der Waals surface area (Å²) in [6.07, 6.45) is 0. The number of hydrogen-bond acceptors (Lipinski definition) is 3. The van der Waals surface area contributed by atoms with Gasteiger partial charge in [-0.1, -0.05) is 6.07 Å². The molecule has 1 N–H and O–H groups in total. The molecule has 0 atom stereocenters. The van der Waals surface area contributed by atoms with Crippen LogP contribution >= 0.6 is 0 Å². The van der Waals surface area contributed by atoms with E-state index in [-0.39, 0.29) is 11.1 Å². The highest BCUT2D eigenvalue weighted by Gasteiger charge is 2.36. The Morgan fingerprint density at radius 1 is 1.17 bits per heavy atom. The average Bonchev–Trinajstić information content (AvgIpc) is 2.25. The maximum atomic E-state index is 8.98. The third-order valence-electron chi connectivity index (χ3n) is 3.19. The summed E-state index contributed by atoms with van der Waals surface area (Å²) in [7, 11) is 0. The van der Waals surface area contributed by atoms with Crippen molar-refractivity contribution in [2.24, 2.45) is 0 Å². The number of piperazine rings is 1. The molecule has 0 aromatic heterocycles. The third kappa shape index (κ3) is 2.83. The van der Waals surface area contributed by atoms with Crippen molar-refractivity contribution in [3.63, 3.8) is 0 Å². The van der Waals surface area contributed by atoms with E-state index in [2.05, 4.69) is 50.0 Å². The van der Waals surface area contributed by atoms with Crippen molar-refractivity contribution in [3.8, 4) is 6.07 Å². The van der Waals surface area contributed by atoms with Crippen LogP contribution in [0.5, 0.6) is 0 Å². The smallest absolute Gasteiger partial charge is 0.0992 e. The van der Waals surface area contributed by atoms with Gasteiger partial charge in [0.1, 0.15) is 0 Å². The fraction of sp³-hybridized carbons (Fsp3) is 0.533. The van der Waals surface area contributed by atoms with Crippen molar-refractivity contribution >= 4 is 5.69 Å². The van der Waals surface area contributed by atoms with Crippen molar-refractivity contribution in [3.05, 3.63) is 29.8 Å². The molecule has 1 aromatic rings. The summed E-state index contributed by atoms with van der Waals surface area (Å²) in [6.45, 7) is 10.8. The number of nitriles is 1. The molecule has 0 aliphatic carbocycles. The minimum atomic E-state index is 0.0738. The van der Waals surface area contributed by atoms with Gasteiger partial charge in [-0.05, 0) is 45.9 Å². The molecule has 0 unspecified atom stereocenters. The van der Waals surface area contributed by atoms with Crippen LogP contribution in [0.3, 0.4) is 0 Å². The molecule has 0 saturated carbocycles. The molecule has 1 fully saturated rings. The summed E-state index contributed by atoms with van der Waals surface area (Å²) in [6, 6.07) is 10.1. The lowest BCUT2D eigenvalue weighted by Crippen LogP contribution is -2.66. The first kappa shape index (κ1) is 12.9. The Morgan fingerprint density at radius 2 is 1.78 bits per heavy atom. The Labute approximate surface area is 109 Å². The second-order valence-corrected chi connectivity index (χ2v) is 6.41. The van der Waals surface area contributed by atoms with Crippen LogP contribution in [0.4, 0.5) is 5.69 Å². The van der Waals surface area contributed by atoms with Gasteiger partial charge >= 0.3 is 0 Å². The fourth-order valence-corrected chi connectivity index (χ4v) is 2.96. The highest BCUT2D eigenvalue weighted by Crippen LogP contribution is 2.26. The van der Waals surface area contributed by atoms with E-state index in [9.17, 15) is 0 Å². The predicted molar refractivity (Wildman–Crippen MR) is 74.7 cm³/mol. The number of hydrogen-bond donors (Lipinski definition) is 1. The Bertz CT molecular complexity index is 467. The zero-order chi connectivity index (χ0) is 13.4. The number of benzene rings is 1. The van der Waals surface area contributed by atoms with E-state index < -0.39 is 0 Å². The lowest BCUT2D eigenvalue weighted by molar-refractivity contribution is 0.226. The van der Waals surface area contributed by atoms with E-state index in [4.69, 9.17) is 5.26 Å². The van der Waals surface area contributed by atoms with Gasteiger partial charge in [-0.15, -0.1) is 0 Å². The van der Waals surface area contributed by atoms with Gasteiger partial charge in [-0.3, -0.25) is 0 Å². The standard InChI is InChI=1S/C15H21N3/c1-14(2)10-18(11-15(3,4)17-14)13-7-5-6-12(8-13)9-16/h5-8,17H,10-11H2,1-4H3. The van der Waals surface area contributed by atoms with Crippen molar-refractivity contribution in [1.29, 1.82) is 5.26 Å². The number of nitrogens with one attached hydrogen (secondary N) is 1. The van der Waals surface area contributed by atoms with E-state index in [1.807, 2.05) is 18.2 Å². The molecule has 1 heterocycles. The summed E-state index contributed by atoms with van der Waals surface area (Å²) in [5.41, 5.74) is 2.01. The van der Waals surface area contributed by atoms with E-state index in [1.54, 1.807) is 0 Å². The van der Waals surface area contributed by atoms with Gasteiger partial charge in [-0.25, -0.2) is 0 Å². The van der Waals surface area contributed by atoms with Crippen molar-refractivity contribution in [2.45, 2.75) is 38.8 Å². The maximum absolute atomic E-state index is 8.98. The van der Waals surface area contributed by atoms with Gasteiger partial charge in [0.05, 0.1) is 11.6 Å². The van der Waals surface area contributed by atoms with E-state index in [1.165, 1.54) is 0 Å². The average molecular weight is 243 g/mol. The van der Waals surface area contributed by atoms with Crippen LogP contribution in [0.2, 0.25) is 0 Å². The van der Waals surface area contributed by atoms with Crippen LogP contribution in [-0.4, -0.2) is 24.2 Å². The summed E-state index contributed by atoms with van der Waals surface area (Å²) in [4.78, 5) is 2.36. The van der Waals surface area contributed by atoms with Gasteiger partial charge in [0.2, 0.25) is 0 Å². The highest BCUT2D eigenvalue weighted by molar-refractivity contribution is 5.52. The first-order chi connectivity index (χ1) is 8.31. The largest absolute Gasteiger partial charge is 0.368 e. The Morgan fingerprint density at radius 3 is 2.33 bits per heavy atom. The SMILES string of the molecule is CC1(C)CN(c2cccc(C#N)c2)CC(C)(C)N1. The van der Waals surface area contributed by atoms with E-state index >= 15 is 0 Å². The van der Waals surface area contributed by atoms with Gasteiger partial charge in [0.25, 0.3) is 0 Å². The maximum Gasteiger partial charge on any atom is 0.0992 e. The first-order valence-electron chi connectivity index (χ1n) is 6.36. The molecule has 1 aromatic carbocycles.